The first kappa shape index (κ1) is 18.7. The van der Waals surface area contributed by atoms with Crippen LogP contribution in [0.5, 0.6) is 0 Å². The molecule has 1 N–H and O–H groups in total. The Morgan fingerprint density at radius 2 is 2.10 bits per heavy atom. The SMILES string of the molecule is O=C(c1ccc2[nH]ncc2c1)N1CCCC(C(=O)N2CCOC(c3ncon3)C2)C1. The smallest absolute Gasteiger partial charge is 0.253 e. The highest BCUT2D eigenvalue weighted by molar-refractivity contribution is 5.98. The Balaban J connectivity index is 1.26. The Morgan fingerprint density at radius 1 is 1.17 bits per heavy atom. The highest BCUT2D eigenvalue weighted by atomic mass is 16.5. The van der Waals surface area contributed by atoms with Gasteiger partial charge in [0.1, 0.15) is 6.10 Å². The minimum atomic E-state index is -0.385. The van der Waals surface area contributed by atoms with Crippen molar-refractivity contribution in [3.05, 3.63) is 42.2 Å². The number of carbonyl (C=O) groups excluding carboxylic acids is 2. The molecule has 0 bridgehead atoms. The molecule has 2 fully saturated rings. The average Bonchev–Trinajstić information content (AvgIpc) is 3.50. The monoisotopic (exact) mass is 410 g/mol. The van der Waals surface area contributed by atoms with Gasteiger partial charge < -0.3 is 19.1 Å². The minimum Gasteiger partial charge on any atom is -0.366 e. The zero-order chi connectivity index (χ0) is 20.5. The van der Waals surface area contributed by atoms with Crippen molar-refractivity contribution in [2.45, 2.75) is 18.9 Å². The van der Waals surface area contributed by atoms with Gasteiger partial charge in [0.05, 0.1) is 30.8 Å². The molecule has 2 aromatic heterocycles. The predicted octanol–water partition coefficient (Wildman–Crippen LogP) is 1.40. The van der Waals surface area contributed by atoms with Crippen molar-refractivity contribution < 1.29 is 18.8 Å². The molecule has 0 saturated carbocycles. The molecule has 0 aliphatic carbocycles. The number of aromatic amines is 1. The van der Waals surface area contributed by atoms with Crippen molar-refractivity contribution in [3.63, 3.8) is 0 Å². The van der Waals surface area contributed by atoms with E-state index in [1.807, 2.05) is 12.1 Å². The van der Waals surface area contributed by atoms with Crippen molar-refractivity contribution in [1.82, 2.24) is 30.1 Å². The first-order chi connectivity index (χ1) is 14.7. The lowest BCUT2D eigenvalue weighted by Gasteiger charge is -2.37. The number of nitrogens with zero attached hydrogens (tertiary/aromatic N) is 5. The number of hydrogen-bond acceptors (Lipinski definition) is 7. The summed E-state index contributed by atoms with van der Waals surface area (Å²) in [7, 11) is 0. The van der Waals surface area contributed by atoms with Crippen LogP contribution in [0.2, 0.25) is 0 Å². The molecule has 30 heavy (non-hydrogen) atoms. The maximum absolute atomic E-state index is 13.2. The summed E-state index contributed by atoms with van der Waals surface area (Å²) in [5.74, 6) is 0.226. The number of benzene rings is 1. The number of carbonyl (C=O) groups is 2. The van der Waals surface area contributed by atoms with Crippen LogP contribution in [0.25, 0.3) is 10.9 Å². The number of hydrogen-bond donors (Lipinski definition) is 1. The molecule has 0 radical (unpaired) electrons. The number of fused-ring (bicyclic) bond motifs is 1. The fourth-order valence-electron chi connectivity index (χ4n) is 4.21. The summed E-state index contributed by atoms with van der Waals surface area (Å²) in [6.45, 7) is 2.41. The largest absolute Gasteiger partial charge is 0.366 e. The molecule has 156 valence electrons. The third kappa shape index (κ3) is 3.54. The van der Waals surface area contributed by atoms with E-state index < -0.39 is 0 Å². The average molecular weight is 410 g/mol. The van der Waals surface area contributed by atoms with Gasteiger partial charge in [0.25, 0.3) is 5.91 Å². The van der Waals surface area contributed by atoms with Crippen LogP contribution in [-0.4, -0.2) is 74.7 Å². The van der Waals surface area contributed by atoms with Gasteiger partial charge in [-0.3, -0.25) is 14.7 Å². The Morgan fingerprint density at radius 3 is 2.97 bits per heavy atom. The Labute approximate surface area is 172 Å². The standard InChI is InChI=1S/C20H22N6O4/c27-19(13-3-4-16-15(8-13)9-22-23-16)25-5-1-2-14(10-25)20(28)26-6-7-29-17(11-26)18-21-12-30-24-18/h3-4,8-9,12,14,17H,1-2,5-7,10-11H2,(H,22,23). The van der Waals surface area contributed by atoms with Crippen molar-refractivity contribution in [3.8, 4) is 0 Å². The van der Waals surface area contributed by atoms with Crippen LogP contribution in [0.3, 0.4) is 0 Å². The molecule has 2 saturated heterocycles. The third-order valence-electron chi connectivity index (χ3n) is 5.79. The van der Waals surface area contributed by atoms with Crippen LogP contribution >= 0.6 is 0 Å². The van der Waals surface area contributed by atoms with Gasteiger partial charge in [-0.15, -0.1) is 0 Å². The number of nitrogens with one attached hydrogen (secondary N) is 1. The van der Waals surface area contributed by atoms with Gasteiger partial charge in [0, 0.05) is 30.6 Å². The fraction of sp³-hybridized carbons (Fsp3) is 0.450. The Hall–Kier alpha value is -3.27. The number of morpholine rings is 1. The summed E-state index contributed by atoms with van der Waals surface area (Å²) < 4.78 is 10.5. The molecule has 2 unspecified atom stereocenters. The van der Waals surface area contributed by atoms with Crippen LogP contribution in [0.1, 0.15) is 35.1 Å². The van der Waals surface area contributed by atoms with Crippen molar-refractivity contribution in [2.24, 2.45) is 5.92 Å². The molecular weight excluding hydrogens is 388 g/mol. The van der Waals surface area contributed by atoms with Gasteiger partial charge in [0.15, 0.2) is 0 Å². The zero-order valence-corrected chi connectivity index (χ0v) is 16.4. The number of amides is 2. The summed E-state index contributed by atoms with van der Waals surface area (Å²) in [5, 5.41) is 11.6. The highest BCUT2D eigenvalue weighted by Gasteiger charge is 2.35. The van der Waals surface area contributed by atoms with E-state index in [1.54, 1.807) is 22.1 Å². The lowest BCUT2D eigenvalue weighted by Crippen LogP contribution is -2.50. The van der Waals surface area contributed by atoms with Gasteiger partial charge in [-0.1, -0.05) is 5.16 Å². The number of H-pyrrole nitrogens is 1. The van der Waals surface area contributed by atoms with E-state index in [9.17, 15) is 9.59 Å². The number of aromatic nitrogens is 4. The summed E-state index contributed by atoms with van der Waals surface area (Å²) in [4.78, 5) is 33.8. The molecule has 2 aliphatic heterocycles. The quantitative estimate of drug-likeness (QED) is 0.693. The van der Waals surface area contributed by atoms with E-state index >= 15 is 0 Å². The predicted molar refractivity (Wildman–Crippen MR) is 104 cm³/mol. The fourth-order valence-corrected chi connectivity index (χ4v) is 4.21. The van der Waals surface area contributed by atoms with Crippen LogP contribution in [0.4, 0.5) is 0 Å². The topological polar surface area (TPSA) is 117 Å². The number of ether oxygens (including phenoxy) is 1. The van der Waals surface area contributed by atoms with Gasteiger partial charge in [-0.05, 0) is 31.0 Å². The second-order valence-corrected chi connectivity index (χ2v) is 7.70. The molecule has 10 nitrogen and oxygen atoms in total. The lowest BCUT2D eigenvalue weighted by molar-refractivity contribution is -0.145. The number of rotatable bonds is 3. The molecule has 10 heteroatoms. The van der Waals surface area contributed by atoms with Crippen LogP contribution < -0.4 is 0 Å². The first-order valence-corrected chi connectivity index (χ1v) is 10.1. The molecule has 5 rings (SSSR count). The van der Waals surface area contributed by atoms with E-state index in [0.717, 1.165) is 23.7 Å². The van der Waals surface area contributed by atoms with E-state index in [1.165, 1.54) is 6.39 Å². The van der Waals surface area contributed by atoms with Crippen molar-refractivity contribution in [2.75, 3.05) is 32.8 Å². The second kappa shape index (κ2) is 7.86. The highest BCUT2D eigenvalue weighted by Crippen LogP contribution is 2.25. The normalized spacial score (nSPS) is 22.4. The second-order valence-electron chi connectivity index (χ2n) is 7.70. The third-order valence-corrected chi connectivity index (χ3v) is 5.79. The first-order valence-electron chi connectivity index (χ1n) is 10.1. The Kier molecular flexibility index (Phi) is 4.91. The molecule has 0 spiro atoms. The van der Waals surface area contributed by atoms with Crippen LogP contribution in [0.15, 0.2) is 35.3 Å². The van der Waals surface area contributed by atoms with E-state index in [4.69, 9.17) is 9.26 Å². The summed E-state index contributed by atoms with van der Waals surface area (Å²) >= 11 is 0. The maximum Gasteiger partial charge on any atom is 0.253 e. The molecule has 3 aromatic rings. The number of piperidine rings is 1. The summed E-state index contributed by atoms with van der Waals surface area (Å²) in [5.41, 5.74) is 1.50. The zero-order valence-electron chi connectivity index (χ0n) is 16.4. The molecular formula is C20H22N6O4. The maximum atomic E-state index is 13.2. The van der Waals surface area contributed by atoms with Gasteiger partial charge in [-0.2, -0.15) is 10.1 Å². The van der Waals surface area contributed by atoms with Crippen LogP contribution in [-0.2, 0) is 9.53 Å². The van der Waals surface area contributed by atoms with Gasteiger partial charge in [-0.25, -0.2) is 0 Å². The molecule has 4 heterocycles. The van der Waals surface area contributed by atoms with Crippen molar-refractivity contribution >= 4 is 22.7 Å². The van der Waals surface area contributed by atoms with Crippen LogP contribution in [0, 0.1) is 5.92 Å². The molecule has 2 atom stereocenters. The van der Waals surface area contributed by atoms with Gasteiger partial charge in [0.2, 0.25) is 18.1 Å². The van der Waals surface area contributed by atoms with E-state index in [0.29, 0.717) is 44.2 Å². The summed E-state index contributed by atoms with van der Waals surface area (Å²) in [6, 6.07) is 5.49. The molecule has 2 aliphatic rings. The summed E-state index contributed by atoms with van der Waals surface area (Å²) in [6.07, 6.45) is 4.14. The number of likely N-dealkylation sites (tertiary alicyclic amines) is 1. The van der Waals surface area contributed by atoms with E-state index in [-0.39, 0.29) is 23.8 Å². The van der Waals surface area contributed by atoms with Crippen molar-refractivity contribution in [1.29, 1.82) is 0 Å². The minimum absolute atomic E-state index is 0.0505. The van der Waals surface area contributed by atoms with E-state index in [2.05, 4.69) is 20.3 Å². The molecule has 1 aromatic carbocycles. The van der Waals surface area contributed by atoms with Gasteiger partial charge >= 0.3 is 0 Å². The lowest BCUT2D eigenvalue weighted by atomic mass is 9.95. The molecule has 2 amide bonds. The Bertz CT molecular complexity index is 1050.